The molecular formula is C3H10BaO6S2. The van der Waals surface area contributed by atoms with Crippen molar-refractivity contribution < 1.29 is 28.8 Å². The minimum atomic E-state index is -4.12. The molecule has 0 radical (unpaired) electrons. The van der Waals surface area contributed by atoms with Crippen LogP contribution in [0.2, 0.25) is 0 Å². The van der Waals surface area contributed by atoms with E-state index in [-0.39, 0.29) is 58.2 Å². The van der Waals surface area contributed by atoms with E-state index in [1.807, 2.05) is 0 Å². The van der Waals surface area contributed by atoms with Crippen LogP contribution in [0.15, 0.2) is 0 Å². The van der Waals surface area contributed by atoms with Crippen LogP contribution in [0.1, 0.15) is 9.27 Å². The zero-order valence-corrected chi connectivity index (χ0v) is 12.2. The first-order chi connectivity index (χ1) is 4.71. The summed E-state index contributed by atoms with van der Waals surface area (Å²) in [6.45, 7) is 0. The van der Waals surface area contributed by atoms with Gasteiger partial charge in [-0.2, -0.15) is 16.8 Å². The quantitative estimate of drug-likeness (QED) is 0.500. The summed E-state index contributed by atoms with van der Waals surface area (Å²) in [5.74, 6) is -1.32. The van der Waals surface area contributed by atoms with Gasteiger partial charge >= 0.3 is 48.9 Å². The molecule has 72 valence electrons. The first-order valence-corrected chi connectivity index (χ1v) is 5.83. The van der Waals surface area contributed by atoms with E-state index >= 15 is 0 Å². The second kappa shape index (κ2) is 5.98. The van der Waals surface area contributed by atoms with Crippen LogP contribution >= 0.6 is 0 Å². The van der Waals surface area contributed by atoms with Gasteiger partial charge in [0.1, 0.15) is 0 Å². The molecule has 0 atom stereocenters. The Balaban J connectivity index is -0.000000167. The van der Waals surface area contributed by atoms with Crippen LogP contribution in [0, 0.1) is 0 Å². The van der Waals surface area contributed by atoms with Crippen molar-refractivity contribution in [1.29, 1.82) is 0 Å². The van der Waals surface area contributed by atoms with Gasteiger partial charge in [-0.3, -0.25) is 9.11 Å². The summed E-state index contributed by atoms with van der Waals surface area (Å²) in [5.41, 5.74) is 0. The van der Waals surface area contributed by atoms with Crippen LogP contribution in [0.5, 0.6) is 0 Å². The van der Waals surface area contributed by atoms with E-state index < -0.39 is 31.7 Å². The Labute approximate surface area is 114 Å². The molecule has 0 saturated carbocycles. The van der Waals surface area contributed by atoms with Crippen LogP contribution in [0.3, 0.4) is 0 Å². The van der Waals surface area contributed by atoms with Crippen LogP contribution < -0.4 is 0 Å². The fourth-order valence-corrected chi connectivity index (χ4v) is 1.62. The topological polar surface area (TPSA) is 109 Å². The number of hydrogen-bond acceptors (Lipinski definition) is 4. The fourth-order valence-electron chi connectivity index (χ4n) is 0.424. The number of rotatable bonds is 4. The Kier molecular flexibility index (Phi) is 7.90. The van der Waals surface area contributed by atoms with Gasteiger partial charge in [-0.1, -0.05) is 0 Å². The van der Waals surface area contributed by atoms with E-state index in [9.17, 15) is 16.8 Å². The molecule has 0 aromatic carbocycles. The maximum atomic E-state index is 10.00. The normalized spacial score (nSPS) is 12.2. The molecule has 0 aliphatic rings. The third-order valence-corrected chi connectivity index (χ3v) is 2.41. The molecule has 0 fully saturated rings. The van der Waals surface area contributed by atoms with Gasteiger partial charge in [0, 0.05) is 0 Å². The predicted octanol–water partition coefficient (Wildman–Crippen LogP) is -1.00. The smallest absolute Gasteiger partial charge is 1.00 e. The van der Waals surface area contributed by atoms with E-state index in [4.69, 9.17) is 9.11 Å². The summed E-state index contributed by atoms with van der Waals surface area (Å²) < 4.78 is 56.2. The minimum Gasteiger partial charge on any atom is -1.00 e. The molecule has 0 bridgehead atoms. The second-order valence-electron chi connectivity index (χ2n) is 1.93. The summed E-state index contributed by atoms with van der Waals surface area (Å²) in [5, 5.41) is 0. The summed E-state index contributed by atoms with van der Waals surface area (Å²) in [7, 11) is -8.24. The standard InChI is InChI=1S/C3H8O6S2.Ba.2H/c4-10(5,6)2-1-3-11(7,8)9;;;/h1-3H2,(H,4,5,6)(H,7,8,9);;;/q;+2;2*-1. The van der Waals surface area contributed by atoms with Gasteiger partial charge in [0.2, 0.25) is 0 Å². The van der Waals surface area contributed by atoms with Crippen LogP contribution in [0.4, 0.5) is 0 Å². The van der Waals surface area contributed by atoms with Gasteiger partial charge in [0.05, 0.1) is 11.5 Å². The monoisotopic (exact) mass is 344 g/mol. The van der Waals surface area contributed by atoms with Crippen molar-refractivity contribution in [2.24, 2.45) is 0 Å². The molecule has 0 heterocycles. The zero-order valence-electron chi connectivity index (χ0n) is 8.17. The van der Waals surface area contributed by atoms with Crippen molar-refractivity contribution in [1.82, 2.24) is 0 Å². The molecule has 0 aliphatic heterocycles. The largest absolute Gasteiger partial charge is 2.00 e. The Morgan fingerprint density at radius 3 is 1.33 bits per heavy atom. The van der Waals surface area contributed by atoms with Crippen molar-refractivity contribution in [2.45, 2.75) is 6.42 Å². The summed E-state index contributed by atoms with van der Waals surface area (Å²) >= 11 is 0. The summed E-state index contributed by atoms with van der Waals surface area (Å²) in [4.78, 5) is 0. The molecule has 6 nitrogen and oxygen atoms in total. The minimum absolute atomic E-state index is 0. The van der Waals surface area contributed by atoms with Gasteiger partial charge in [0.25, 0.3) is 20.2 Å². The third-order valence-electron chi connectivity index (χ3n) is 0.805. The van der Waals surface area contributed by atoms with Crippen LogP contribution in [-0.2, 0) is 20.2 Å². The molecule has 0 aromatic rings. The molecule has 0 aromatic heterocycles. The Morgan fingerprint density at radius 2 is 1.17 bits per heavy atom. The molecule has 0 saturated heterocycles. The molecule has 0 spiro atoms. The molecule has 0 amide bonds. The average Bonchev–Trinajstić information content (AvgIpc) is 1.55. The van der Waals surface area contributed by atoms with E-state index in [1.54, 1.807) is 0 Å². The van der Waals surface area contributed by atoms with Crippen molar-refractivity contribution in [3.05, 3.63) is 0 Å². The molecule has 0 rings (SSSR count). The first kappa shape index (κ1) is 15.8. The molecular weight excluding hydrogens is 333 g/mol. The predicted molar refractivity (Wildman–Crippen MR) is 45.4 cm³/mol. The van der Waals surface area contributed by atoms with Gasteiger partial charge in [-0.25, -0.2) is 0 Å². The van der Waals surface area contributed by atoms with Crippen LogP contribution in [0.25, 0.3) is 0 Å². The zero-order chi connectivity index (χ0) is 9.12. The van der Waals surface area contributed by atoms with E-state index in [2.05, 4.69) is 0 Å². The van der Waals surface area contributed by atoms with E-state index in [0.29, 0.717) is 0 Å². The van der Waals surface area contributed by atoms with Gasteiger partial charge in [0.15, 0.2) is 0 Å². The molecule has 0 aliphatic carbocycles. The van der Waals surface area contributed by atoms with Crippen LogP contribution in [-0.4, -0.2) is 86.3 Å². The summed E-state index contributed by atoms with van der Waals surface area (Å²) in [6.07, 6.45) is -0.308. The maximum Gasteiger partial charge on any atom is 2.00 e. The van der Waals surface area contributed by atoms with Crippen molar-refractivity contribution >= 4 is 69.1 Å². The van der Waals surface area contributed by atoms with Crippen molar-refractivity contribution in [3.63, 3.8) is 0 Å². The SMILES string of the molecule is O=S(=O)(O)CCCS(=O)(=O)O.[Ba+2].[H-].[H-]. The third kappa shape index (κ3) is 13.9. The van der Waals surface area contributed by atoms with Gasteiger partial charge in [-0.15, -0.1) is 0 Å². The van der Waals surface area contributed by atoms with Gasteiger partial charge < -0.3 is 2.85 Å². The first-order valence-electron chi connectivity index (χ1n) is 2.61. The van der Waals surface area contributed by atoms with Crippen molar-refractivity contribution in [3.8, 4) is 0 Å². The molecule has 9 heteroatoms. The Hall–Kier alpha value is 1.39. The maximum absolute atomic E-state index is 10.00. The number of hydrogen-bond donors (Lipinski definition) is 2. The second-order valence-corrected chi connectivity index (χ2v) is 5.07. The van der Waals surface area contributed by atoms with Gasteiger partial charge in [-0.05, 0) is 6.42 Å². The molecule has 2 N–H and O–H groups in total. The van der Waals surface area contributed by atoms with Crippen molar-refractivity contribution in [2.75, 3.05) is 11.5 Å². The summed E-state index contributed by atoms with van der Waals surface area (Å²) in [6, 6.07) is 0. The molecule has 12 heavy (non-hydrogen) atoms. The Morgan fingerprint density at radius 1 is 0.917 bits per heavy atom. The average molecular weight is 344 g/mol. The van der Waals surface area contributed by atoms with E-state index in [1.165, 1.54) is 0 Å². The fraction of sp³-hybridized carbons (Fsp3) is 1.00. The van der Waals surface area contributed by atoms with E-state index in [0.717, 1.165) is 0 Å². The Bertz CT molecular complexity index is 278. The molecule has 0 unspecified atom stereocenters.